The molecule has 0 amide bonds. The average Bonchev–Trinajstić information content (AvgIpc) is 3.16. The first-order chi connectivity index (χ1) is 9.90. The van der Waals surface area contributed by atoms with Crippen molar-refractivity contribution in [2.75, 3.05) is 0 Å². The first kappa shape index (κ1) is 11.4. The summed E-state index contributed by atoms with van der Waals surface area (Å²) < 4.78 is 0. The number of aromatic amines is 1. The number of hydrogen-bond donors (Lipinski definition) is 1. The second-order valence-corrected chi connectivity index (χ2v) is 5.61. The van der Waals surface area contributed by atoms with Crippen LogP contribution in [0.15, 0.2) is 66.0 Å². The summed E-state index contributed by atoms with van der Waals surface area (Å²) in [5, 5.41) is 2.07. The van der Waals surface area contributed by atoms with E-state index in [1.54, 1.807) is 11.3 Å². The van der Waals surface area contributed by atoms with Crippen molar-refractivity contribution >= 4 is 22.4 Å². The van der Waals surface area contributed by atoms with Crippen molar-refractivity contribution in [1.82, 2.24) is 9.97 Å². The van der Waals surface area contributed by atoms with Crippen LogP contribution in [0, 0.1) is 0 Å². The predicted molar refractivity (Wildman–Crippen MR) is 84.8 cm³/mol. The van der Waals surface area contributed by atoms with Gasteiger partial charge in [-0.1, -0.05) is 42.5 Å². The number of hydrogen-bond acceptors (Lipinski definition) is 2. The minimum Gasteiger partial charge on any atom is -0.337 e. The van der Waals surface area contributed by atoms with E-state index < -0.39 is 0 Å². The topological polar surface area (TPSA) is 28.7 Å². The lowest BCUT2D eigenvalue weighted by molar-refractivity contribution is 1.36. The number of thiophene rings is 1. The van der Waals surface area contributed by atoms with E-state index in [0.29, 0.717) is 0 Å². The minimum absolute atomic E-state index is 0.945. The molecular weight excluding hydrogens is 264 g/mol. The summed E-state index contributed by atoms with van der Waals surface area (Å²) in [5.74, 6) is 0.945. The molecule has 2 heterocycles. The normalized spacial score (nSPS) is 11.0. The molecule has 0 saturated heterocycles. The maximum atomic E-state index is 4.64. The fraction of sp³-hybridized carbons (Fsp3) is 0. The lowest BCUT2D eigenvalue weighted by atomic mass is 10.1. The van der Waals surface area contributed by atoms with Crippen LogP contribution in [0.3, 0.4) is 0 Å². The van der Waals surface area contributed by atoms with Gasteiger partial charge in [-0.2, -0.15) is 0 Å². The third-order valence-electron chi connectivity index (χ3n) is 3.34. The maximum Gasteiger partial charge on any atom is 0.148 e. The molecule has 0 aliphatic heterocycles. The zero-order valence-corrected chi connectivity index (χ0v) is 11.5. The molecule has 1 N–H and O–H groups in total. The van der Waals surface area contributed by atoms with Gasteiger partial charge in [0.1, 0.15) is 5.82 Å². The number of nitrogens with one attached hydrogen (secondary N) is 1. The van der Waals surface area contributed by atoms with E-state index in [-0.39, 0.29) is 0 Å². The standard InChI is InChI=1S/C17H12N2S/c1-2-5-12(6-3-1)13-8-9-14-15(11-13)19-17(18-14)16-7-4-10-20-16/h1-11H,(H,18,19). The Morgan fingerprint density at radius 1 is 0.850 bits per heavy atom. The lowest BCUT2D eigenvalue weighted by Crippen LogP contribution is -1.77. The molecule has 2 nitrogen and oxygen atoms in total. The van der Waals surface area contributed by atoms with Crippen molar-refractivity contribution in [3.05, 3.63) is 66.0 Å². The maximum absolute atomic E-state index is 4.64. The van der Waals surface area contributed by atoms with Gasteiger partial charge in [0.05, 0.1) is 15.9 Å². The molecule has 0 unspecified atom stereocenters. The summed E-state index contributed by atoms with van der Waals surface area (Å²) in [4.78, 5) is 9.22. The number of aromatic nitrogens is 2. The van der Waals surface area contributed by atoms with Crippen LogP contribution < -0.4 is 0 Å². The number of rotatable bonds is 2. The molecule has 0 aliphatic rings. The molecule has 0 atom stereocenters. The second-order valence-electron chi connectivity index (χ2n) is 4.66. The van der Waals surface area contributed by atoms with Gasteiger partial charge < -0.3 is 4.98 Å². The fourth-order valence-electron chi connectivity index (χ4n) is 2.35. The summed E-state index contributed by atoms with van der Waals surface area (Å²) in [6.07, 6.45) is 0. The Kier molecular flexibility index (Phi) is 2.64. The van der Waals surface area contributed by atoms with Crippen molar-refractivity contribution in [3.63, 3.8) is 0 Å². The number of fused-ring (bicyclic) bond motifs is 1. The molecule has 2 aromatic heterocycles. The molecular formula is C17H12N2S. The van der Waals surface area contributed by atoms with E-state index in [1.807, 2.05) is 12.1 Å². The summed E-state index contributed by atoms with van der Waals surface area (Å²) in [7, 11) is 0. The zero-order chi connectivity index (χ0) is 13.4. The van der Waals surface area contributed by atoms with Gasteiger partial charge in [0.25, 0.3) is 0 Å². The Hall–Kier alpha value is -2.39. The molecule has 0 spiro atoms. The van der Waals surface area contributed by atoms with Gasteiger partial charge in [-0.05, 0) is 34.7 Å². The zero-order valence-electron chi connectivity index (χ0n) is 10.7. The monoisotopic (exact) mass is 276 g/mol. The van der Waals surface area contributed by atoms with E-state index in [1.165, 1.54) is 16.0 Å². The summed E-state index contributed by atoms with van der Waals surface area (Å²) in [6, 6.07) is 20.9. The highest BCUT2D eigenvalue weighted by Crippen LogP contribution is 2.27. The van der Waals surface area contributed by atoms with Crippen LogP contribution in [-0.4, -0.2) is 9.97 Å². The Balaban J connectivity index is 1.84. The van der Waals surface area contributed by atoms with Crippen molar-refractivity contribution in [3.8, 4) is 21.8 Å². The molecule has 3 heteroatoms. The van der Waals surface area contributed by atoms with Gasteiger partial charge >= 0.3 is 0 Å². The van der Waals surface area contributed by atoms with Gasteiger partial charge in [-0.25, -0.2) is 4.98 Å². The number of benzene rings is 2. The molecule has 0 radical (unpaired) electrons. The van der Waals surface area contributed by atoms with Crippen LogP contribution in [0.2, 0.25) is 0 Å². The Bertz CT molecular complexity index is 845. The molecule has 20 heavy (non-hydrogen) atoms. The quantitative estimate of drug-likeness (QED) is 0.551. The van der Waals surface area contributed by atoms with Crippen molar-refractivity contribution in [2.24, 2.45) is 0 Å². The average molecular weight is 276 g/mol. The lowest BCUT2D eigenvalue weighted by Gasteiger charge is -2.00. The van der Waals surface area contributed by atoms with Gasteiger partial charge in [0.15, 0.2) is 0 Å². The fourth-order valence-corrected chi connectivity index (χ4v) is 3.02. The molecule has 0 saturated carbocycles. The number of nitrogens with zero attached hydrogens (tertiary/aromatic N) is 1. The highest BCUT2D eigenvalue weighted by atomic mass is 32.1. The highest BCUT2D eigenvalue weighted by molar-refractivity contribution is 7.13. The Labute approximate surface area is 120 Å². The van der Waals surface area contributed by atoms with E-state index in [0.717, 1.165) is 16.9 Å². The first-order valence-corrected chi connectivity index (χ1v) is 7.37. The van der Waals surface area contributed by atoms with Crippen LogP contribution >= 0.6 is 11.3 Å². The molecule has 0 fully saturated rings. The van der Waals surface area contributed by atoms with E-state index in [2.05, 4.69) is 63.9 Å². The van der Waals surface area contributed by atoms with E-state index >= 15 is 0 Å². The van der Waals surface area contributed by atoms with E-state index in [9.17, 15) is 0 Å². The van der Waals surface area contributed by atoms with E-state index in [4.69, 9.17) is 0 Å². The summed E-state index contributed by atoms with van der Waals surface area (Å²) >= 11 is 1.70. The van der Waals surface area contributed by atoms with Gasteiger partial charge in [-0.15, -0.1) is 11.3 Å². The summed E-state index contributed by atoms with van der Waals surface area (Å²) in [6.45, 7) is 0. The molecule has 96 valence electrons. The van der Waals surface area contributed by atoms with Crippen molar-refractivity contribution in [1.29, 1.82) is 0 Å². The second kappa shape index (κ2) is 4.62. The van der Waals surface area contributed by atoms with Crippen LogP contribution in [-0.2, 0) is 0 Å². The third-order valence-corrected chi connectivity index (χ3v) is 4.22. The predicted octanol–water partition coefficient (Wildman–Crippen LogP) is 4.96. The number of imidazole rings is 1. The summed E-state index contributed by atoms with van der Waals surface area (Å²) in [5.41, 5.74) is 4.52. The van der Waals surface area contributed by atoms with Crippen molar-refractivity contribution < 1.29 is 0 Å². The minimum atomic E-state index is 0.945. The van der Waals surface area contributed by atoms with Crippen LogP contribution in [0.4, 0.5) is 0 Å². The SMILES string of the molecule is c1ccc(-c2ccc3nc(-c4cccs4)[nH]c3c2)cc1. The van der Waals surface area contributed by atoms with Crippen molar-refractivity contribution in [2.45, 2.75) is 0 Å². The Morgan fingerprint density at radius 3 is 2.55 bits per heavy atom. The Morgan fingerprint density at radius 2 is 1.75 bits per heavy atom. The molecule has 4 rings (SSSR count). The third kappa shape index (κ3) is 1.92. The molecule has 0 bridgehead atoms. The number of H-pyrrole nitrogens is 1. The first-order valence-electron chi connectivity index (χ1n) is 6.49. The van der Waals surface area contributed by atoms with Crippen LogP contribution in [0.5, 0.6) is 0 Å². The molecule has 4 aromatic rings. The van der Waals surface area contributed by atoms with Gasteiger partial charge in [-0.3, -0.25) is 0 Å². The van der Waals surface area contributed by atoms with Crippen LogP contribution in [0.25, 0.3) is 32.9 Å². The van der Waals surface area contributed by atoms with Gasteiger partial charge in [0.2, 0.25) is 0 Å². The molecule has 2 aromatic carbocycles. The van der Waals surface area contributed by atoms with Crippen LogP contribution in [0.1, 0.15) is 0 Å². The smallest absolute Gasteiger partial charge is 0.148 e. The van der Waals surface area contributed by atoms with Gasteiger partial charge in [0, 0.05) is 0 Å². The highest BCUT2D eigenvalue weighted by Gasteiger charge is 2.07. The largest absolute Gasteiger partial charge is 0.337 e. The molecule has 0 aliphatic carbocycles.